The number of nitriles is 1. The molecule has 2 rings (SSSR count). The van der Waals surface area contributed by atoms with Gasteiger partial charge in [0.25, 0.3) is 0 Å². The van der Waals surface area contributed by atoms with Crippen molar-refractivity contribution in [3.63, 3.8) is 0 Å². The summed E-state index contributed by atoms with van der Waals surface area (Å²) in [6, 6.07) is 2.39. The van der Waals surface area contributed by atoms with Crippen LogP contribution >= 0.6 is 0 Å². The first-order valence-electron chi connectivity index (χ1n) is 4.57. The number of hydrogen-bond donors (Lipinski definition) is 1. The SMILES string of the molecule is N#CC1=CC2=C(C=CC1)[C@@H](N)CC2. The standard InChI is InChI=1S/C11H12N2/c12-7-8-2-1-3-10-9(6-8)4-5-11(10)13/h1,3,6,11H,2,4-5,13H2/t11-/m0/s1. The van der Waals surface area contributed by atoms with Crippen molar-refractivity contribution in [2.75, 3.05) is 0 Å². The molecule has 0 unspecified atom stereocenters. The van der Waals surface area contributed by atoms with Gasteiger partial charge in [-0.05, 0) is 30.1 Å². The zero-order valence-corrected chi connectivity index (χ0v) is 7.46. The highest BCUT2D eigenvalue weighted by atomic mass is 14.6. The summed E-state index contributed by atoms with van der Waals surface area (Å²) >= 11 is 0. The molecule has 2 heteroatoms. The second-order valence-corrected chi connectivity index (χ2v) is 3.51. The summed E-state index contributed by atoms with van der Waals surface area (Å²) in [6.07, 6.45) is 8.89. The lowest BCUT2D eigenvalue weighted by molar-refractivity contribution is 0.759. The van der Waals surface area contributed by atoms with Crippen LogP contribution in [0.2, 0.25) is 0 Å². The number of rotatable bonds is 0. The van der Waals surface area contributed by atoms with Crippen molar-refractivity contribution in [2.45, 2.75) is 25.3 Å². The van der Waals surface area contributed by atoms with Gasteiger partial charge in [-0.2, -0.15) is 5.26 Å². The predicted molar refractivity (Wildman–Crippen MR) is 51.7 cm³/mol. The highest BCUT2D eigenvalue weighted by Crippen LogP contribution is 2.30. The van der Waals surface area contributed by atoms with Crippen LogP contribution < -0.4 is 5.73 Å². The molecule has 0 aromatic rings. The molecule has 2 aliphatic carbocycles. The Morgan fingerprint density at radius 2 is 2.38 bits per heavy atom. The van der Waals surface area contributed by atoms with E-state index in [-0.39, 0.29) is 6.04 Å². The Bertz CT molecular complexity index is 353. The Hall–Kier alpha value is -1.33. The minimum atomic E-state index is 0.181. The van der Waals surface area contributed by atoms with E-state index in [1.165, 1.54) is 11.1 Å². The molecule has 0 saturated heterocycles. The minimum absolute atomic E-state index is 0.181. The fraction of sp³-hybridized carbons (Fsp3) is 0.364. The third-order valence-electron chi connectivity index (χ3n) is 2.62. The largest absolute Gasteiger partial charge is 0.324 e. The summed E-state index contributed by atoms with van der Waals surface area (Å²) in [5, 5.41) is 8.80. The zero-order valence-electron chi connectivity index (χ0n) is 7.46. The summed E-state index contributed by atoms with van der Waals surface area (Å²) in [5.74, 6) is 0. The van der Waals surface area contributed by atoms with Crippen LogP contribution in [0.3, 0.4) is 0 Å². The van der Waals surface area contributed by atoms with Gasteiger partial charge in [-0.1, -0.05) is 12.2 Å². The number of nitrogens with zero attached hydrogens (tertiary/aromatic N) is 1. The van der Waals surface area contributed by atoms with Crippen LogP contribution in [0.1, 0.15) is 19.3 Å². The number of allylic oxidation sites excluding steroid dienone is 4. The smallest absolute Gasteiger partial charge is 0.0950 e. The van der Waals surface area contributed by atoms with E-state index in [0.717, 1.165) is 24.8 Å². The van der Waals surface area contributed by atoms with Crippen LogP contribution in [0, 0.1) is 11.3 Å². The lowest BCUT2D eigenvalue weighted by Crippen LogP contribution is -2.17. The van der Waals surface area contributed by atoms with Crippen molar-refractivity contribution >= 4 is 0 Å². The molecular formula is C11H12N2. The van der Waals surface area contributed by atoms with E-state index in [0.29, 0.717) is 0 Å². The van der Waals surface area contributed by atoms with Gasteiger partial charge in [0, 0.05) is 18.0 Å². The zero-order chi connectivity index (χ0) is 9.26. The van der Waals surface area contributed by atoms with Crippen molar-refractivity contribution in [1.82, 2.24) is 0 Å². The van der Waals surface area contributed by atoms with Crippen LogP contribution in [-0.2, 0) is 0 Å². The van der Waals surface area contributed by atoms with E-state index in [2.05, 4.69) is 12.1 Å². The first kappa shape index (κ1) is 8.28. The van der Waals surface area contributed by atoms with Crippen LogP contribution in [0.4, 0.5) is 0 Å². The van der Waals surface area contributed by atoms with Gasteiger partial charge in [-0.3, -0.25) is 0 Å². The van der Waals surface area contributed by atoms with Gasteiger partial charge >= 0.3 is 0 Å². The van der Waals surface area contributed by atoms with Gasteiger partial charge in [0.1, 0.15) is 0 Å². The molecule has 0 fully saturated rings. The number of nitrogens with two attached hydrogens (primary N) is 1. The Kier molecular flexibility index (Phi) is 2.03. The monoisotopic (exact) mass is 172 g/mol. The quantitative estimate of drug-likeness (QED) is 0.605. The van der Waals surface area contributed by atoms with Crippen LogP contribution in [0.5, 0.6) is 0 Å². The third-order valence-corrected chi connectivity index (χ3v) is 2.62. The Balaban J connectivity index is 2.40. The topological polar surface area (TPSA) is 49.8 Å². The maximum Gasteiger partial charge on any atom is 0.0950 e. The van der Waals surface area contributed by atoms with Gasteiger partial charge in [0.05, 0.1) is 6.07 Å². The van der Waals surface area contributed by atoms with Crippen molar-refractivity contribution in [3.8, 4) is 6.07 Å². The van der Waals surface area contributed by atoms with E-state index in [9.17, 15) is 0 Å². The lowest BCUT2D eigenvalue weighted by atomic mass is 10.1. The normalized spacial score (nSPS) is 26.5. The van der Waals surface area contributed by atoms with Crippen LogP contribution in [0.15, 0.2) is 34.9 Å². The van der Waals surface area contributed by atoms with E-state index in [1.807, 2.05) is 12.2 Å². The first-order valence-corrected chi connectivity index (χ1v) is 4.57. The fourth-order valence-electron chi connectivity index (χ4n) is 1.90. The molecule has 0 saturated carbocycles. The van der Waals surface area contributed by atoms with Gasteiger partial charge in [-0.15, -0.1) is 0 Å². The molecule has 0 aromatic carbocycles. The molecule has 0 heterocycles. The molecule has 0 amide bonds. The Labute approximate surface area is 78.0 Å². The molecule has 13 heavy (non-hydrogen) atoms. The molecule has 2 aliphatic rings. The molecule has 2 nitrogen and oxygen atoms in total. The van der Waals surface area contributed by atoms with Crippen molar-refractivity contribution in [2.24, 2.45) is 5.73 Å². The summed E-state index contributed by atoms with van der Waals surface area (Å²) in [6.45, 7) is 0. The third kappa shape index (κ3) is 1.43. The molecule has 2 N–H and O–H groups in total. The Morgan fingerprint density at radius 1 is 1.54 bits per heavy atom. The molecule has 0 bridgehead atoms. The van der Waals surface area contributed by atoms with Gasteiger partial charge in [0.2, 0.25) is 0 Å². The van der Waals surface area contributed by atoms with E-state index >= 15 is 0 Å². The van der Waals surface area contributed by atoms with Crippen molar-refractivity contribution < 1.29 is 0 Å². The lowest BCUT2D eigenvalue weighted by Gasteiger charge is -2.02. The highest BCUT2D eigenvalue weighted by molar-refractivity contribution is 5.47. The number of hydrogen-bond acceptors (Lipinski definition) is 2. The van der Waals surface area contributed by atoms with Crippen LogP contribution in [-0.4, -0.2) is 6.04 Å². The summed E-state index contributed by atoms with van der Waals surface area (Å²) in [4.78, 5) is 0. The summed E-state index contributed by atoms with van der Waals surface area (Å²) in [7, 11) is 0. The maximum atomic E-state index is 8.80. The van der Waals surface area contributed by atoms with Crippen molar-refractivity contribution in [3.05, 3.63) is 34.9 Å². The van der Waals surface area contributed by atoms with Gasteiger partial charge in [-0.25, -0.2) is 0 Å². The average molecular weight is 172 g/mol. The molecule has 1 atom stereocenters. The second-order valence-electron chi connectivity index (χ2n) is 3.51. The summed E-state index contributed by atoms with van der Waals surface area (Å²) in [5.41, 5.74) is 9.26. The molecule has 0 aliphatic heterocycles. The van der Waals surface area contributed by atoms with E-state index in [1.54, 1.807) is 0 Å². The predicted octanol–water partition coefficient (Wildman–Crippen LogP) is 1.81. The highest BCUT2D eigenvalue weighted by Gasteiger charge is 2.20. The van der Waals surface area contributed by atoms with E-state index < -0.39 is 0 Å². The van der Waals surface area contributed by atoms with Gasteiger partial charge < -0.3 is 5.73 Å². The van der Waals surface area contributed by atoms with Crippen LogP contribution in [0.25, 0.3) is 0 Å². The molecule has 0 aromatic heterocycles. The molecule has 0 radical (unpaired) electrons. The second kappa shape index (κ2) is 3.20. The summed E-state index contributed by atoms with van der Waals surface area (Å²) < 4.78 is 0. The Morgan fingerprint density at radius 3 is 3.15 bits per heavy atom. The first-order chi connectivity index (χ1) is 6.31. The minimum Gasteiger partial charge on any atom is -0.324 e. The maximum absolute atomic E-state index is 8.80. The molecular weight excluding hydrogens is 160 g/mol. The van der Waals surface area contributed by atoms with Gasteiger partial charge in [0.15, 0.2) is 0 Å². The van der Waals surface area contributed by atoms with Crippen molar-refractivity contribution in [1.29, 1.82) is 5.26 Å². The van der Waals surface area contributed by atoms with E-state index in [4.69, 9.17) is 11.0 Å². The molecule has 66 valence electrons. The molecule has 0 spiro atoms. The fourth-order valence-corrected chi connectivity index (χ4v) is 1.90. The average Bonchev–Trinajstić information content (AvgIpc) is 2.41.